The zero-order chi connectivity index (χ0) is 93.2. The van der Waals surface area contributed by atoms with E-state index in [0.29, 0.717) is 38.6 Å². The number of carbonyl (C=O) groups excluding carboxylic acids is 19. The van der Waals surface area contributed by atoms with Crippen LogP contribution >= 0.6 is 0 Å². The van der Waals surface area contributed by atoms with Gasteiger partial charge in [-0.2, -0.15) is 0 Å². The van der Waals surface area contributed by atoms with Gasteiger partial charge in [0.1, 0.15) is 84.6 Å². The second-order valence-corrected chi connectivity index (χ2v) is 31.8. The SMILES string of the molecule is CC(C)C[C@H](NC(=O)[C@@H](N)CCC(N)=O)C(=O)N[C@@H](CCC(N)=O)C(=O)N[C@@H](CCC(N)=O)C(=O)N[C@@H](CO)C(=O)NCC(=O)N1CCC[C@H]1C(=O)N[C@@H](CCC(=O)O)C(=O)N[C@H](C(=O)N[C@H](C(=O)N[C@@H](CCCCN)C(=O)N1CCC[C@H]1C(=O)NCC(=O)N[C@@H](C)C(=O)N[C@@H](CO)C(=O)N[C@H](C(=O)N[C@@H](CCCCN)C(=O)O)C(C)C)C(C)C)C(C)C. The van der Waals surface area contributed by atoms with Crippen LogP contribution in [-0.4, -0.2) is 298 Å². The summed E-state index contributed by atoms with van der Waals surface area (Å²) < 4.78 is 0. The van der Waals surface area contributed by atoms with E-state index in [4.69, 9.17) is 34.4 Å². The molecule has 0 saturated carbocycles. The first-order valence-corrected chi connectivity index (χ1v) is 41.2. The molecule has 2 aliphatic heterocycles. The van der Waals surface area contributed by atoms with Crippen LogP contribution in [0, 0.1) is 23.7 Å². The number of nitrogens with two attached hydrogens (primary N) is 6. The average molecular weight is 1750 g/mol. The number of nitrogens with zero attached hydrogens (tertiary/aromatic N) is 2. The minimum atomic E-state index is -1.88. The fourth-order valence-corrected chi connectivity index (χ4v) is 13.1. The van der Waals surface area contributed by atoms with Crippen LogP contribution < -0.4 is 109 Å². The number of likely N-dealkylation sites (tertiary alicyclic amines) is 2. The molecule has 0 radical (unpaired) electrons. The van der Waals surface area contributed by atoms with Crippen LogP contribution in [-0.2, 0) is 101 Å². The summed E-state index contributed by atoms with van der Waals surface area (Å²) in [5.41, 5.74) is 33.1. The highest BCUT2D eigenvalue weighted by Crippen LogP contribution is 2.23. The highest BCUT2D eigenvalue weighted by molar-refractivity contribution is 6.01. The summed E-state index contributed by atoms with van der Waals surface area (Å²) in [5, 5.41) is 73.7. The maximum absolute atomic E-state index is 14.5. The smallest absolute Gasteiger partial charge is 0.326 e. The number of carbonyl (C=O) groups is 21. The number of carboxylic acid groups (broad SMARTS) is 2. The molecule has 0 aromatic carbocycles. The minimum Gasteiger partial charge on any atom is -0.481 e. The van der Waals surface area contributed by atoms with E-state index in [2.05, 4.69) is 74.4 Å². The molecule has 2 saturated heterocycles. The van der Waals surface area contributed by atoms with E-state index in [-0.39, 0.29) is 76.9 Å². The van der Waals surface area contributed by atoms with E-state index < -0.39 is 297 Å². The topological polar surface area (TPSA) is 770 Å². The molecule has 19 amide bonds. The Kier molecular flexibility index (Phi) is 48.1. The van der Waals surface area contributed by atoms with Gasteiger partial charge in [0, 0.05) is 38.8 Å². The van der Waals surface area contributed by atoms with Gasteiger partial charge in [0.05, 0.1) is 32.3 Å². The van der Waals surface area contributed by atoms with Crippen molar-refractivity contribution >= 4 is 124 Å². The fourth-order valence-electron chi connectivity index (χ4n) is 13.1. The molecule has 2 rings (SSSR count). The van der Waals surface area contributed by atoms with Crippen molar-refractivity contribution in [2.24, 2.45) is 58.1 Å². The van der Waals surface area contributed by atoms with Gasteiger partial charge in [-0.3, -0.25) is 95.9 Å². The minimum absolute atomic E-state index is 0.00534. The molecule has 2 fully saturated rings. The normalized spacial score (nSPS) is 16.9. The van der Waals surface area contributed by atoms with E-state index in [0.717, 1.165) is 4.90 Å². The Labute approximate surface area is 712 Å². The first-order chi connectivity index (χ1) is 57.7. The standard InChI is InChI=1S/C76H130N22O25/c1-37(2)32-48(91-63(109)42(79)20-24-53(80)101)68(114)87-43(21-25-54(81)102)65(111)86-44(22-26-55(82)103)66(112)93-49(35-99)64(110)84-34-57(105)97-30-14-19-52(97)71(117)88-45(23-27-58(106)107)67(113)94-61(40(7)8)74(120)96-60(39(5)6)72(118)89-46(16-10-12-28-77)75(121)98-31-15-18-51(98)70(116)83-33-56(104)85-41(9)62(108)92-50(36-100)69(115)95-59(38(3)4)73(119)90-47(76(122)123)17-11-13-29-78/h37-52,59-61,99-100H,10-36,77-79H2,1-9H3,(H2,80,101)(H2,81,102)(H2,82,103)(H,83,116)(H,84,110)(H,85,104)(H,86,111)(H,87,114)(H,88,117)(H,89,118)(H,90,119)(H,91,109)(H,92,108)(H,93,112)(H,94,113)(H,95,115)(H,96,120)(H,106,107)(H,122,123)/t41-,42-,43-,44-,45-,46-,47-,48-,49-,50-,51-,52-,59-,60-,61-/m0/s1. The predicted molar refractivity (Wildman–Crippen MR) is 436 cm³/mol. The number of aliphatic hydroxyl groups excluding tert-OH is 2. The maximum atomic E-state index is 14.5. The van der Waals surface area contributed by atoms with Crippen molar-refractivity contribution in [3.8, 4) is 0 Å². The third-order valence-corrected chi connectivity index (χ3v) is 20.1. The summed E-state index contributed by atoms with van der Waals surface area (Å²) in [6, 6.07) is -22.0. The molecule has 15 atom stereocenters. The van der Waals surface area contributed by atoms with Gasteiger partial charge in [-0.05, 0) is 140 Å². The lowest BCUT2D eigenvalue weighted by molar-refractivity contribution is -0.143. The molecule has 2 aliphatic rings. The molecule has 0 aromatic heterocycles. The van der Waals surface area contributed by atoms with Gasteiger partial charge in [-0.25, -0.2) is 4.79 Å². The third-order valence-electron chi connectivity index (χ3n) is 20.1. The van der Waals surface area contributed by atoms with E-state index in [9.17, 15) is 121 Å². The molecular weight excluding hydrogens is 1620 g/mol. The lowest BCUT2D eigenvalue weighted by Crippen LogP contribution is -2.61. The number of hydrogen-bond donors (Lipinski definition) is 24. The molecule has 47 heteroatoms. The van der Waals surface area contributed by atoms with Gasteiger partial charge in [0.2, 0.25) is 112 Å². The number of carboxylic acids is 2. The molecule has 0 spiro atoms. The molecule has 123 heavy (non-hydrogen) atoms. The van der Waals surface area contributed by atoms with Crippen molar-refractivity contribution in [2.45, 2.75) is 275 Å². The van der Waals surface area contributed by atoms with Crippen molar-refractivity contribution < 1.29 is 121 Å². The van der Waals surface area contributed by atoms with Crippen LogP contribution in [0.2, 0.25) is 0 Å². The third kappa shape index (κ3) is 38.3. The number of aliphatic hydroxyl groups is 2. The van der Waals surface area contributed by atoms with Crippen molar-refractivity contribution in [1.29, 1.82) is 0 Å². The largest absolute Gasteiger partial charge is 0.481 e. The van der Waals surface area contributed by atoms with Crippen LogP contribution in [0.5, 0.6) is 0 Å². The van der Waals surface area contributed by atoms with Gasteiger partial charge in [0.25, 0.3) is 0 Å². The van der Waals surface area contributed by atoms with Crippen LogP contribution in [0.15, 0.2) is 0 Å². The molecule has 0 aromatic rings. The molecule has 0 bridgehead atoms. The number of nitrogens with one attached hydrogen (secondary N) is 14. The Morgan fingerprint density at radius 1 is 0.374 bits per heavy atom. The second kappa shape index (κ2) is 54.9. The summed E-state index contributed by atoms with van der Waals surface area (Å²) in [6.07, 6.45) is -1.54. The van der Waals surface area contributed by atoms with E-state index in [1.807, 2.05) is 0 Å². The molecular formula is C76H130N22O25. The highest BCUT2D eigenvalue weighted by atomic mass is 16.4. The van der Waals surface area contributed by atoms with Gasteiger partial charge in [-0.15, -0.1) is 0 Å². The second-order valence-electron chi connectivity index (χ2n) is 31.8. The van der Waals surface area contributed by atoms with Gasteiger partial charge in [0.15, 0.2) is 0 Å². The Bertz CT molecular complexity index is 3680. The highest BCUT2D eigenvalue weighted by Gasteiger charge is 2.43. The number of primary amides is 3. The Morgan fingerprint density at radius 3 is 1.22 bits per heavy atom. The number of hydrogen-bond acceptors (Lipinski definition) is 26. The van der Waals surface area contributed by atoms with Crippen molar-refractivity contribution in [1.82, 2.24) is 84.2 Å². The number of rotatable bonds is 58. The van der Waals surface area contributed by atoms with Crippen molar-refractivity contribution in [3.63, 3.8) is 0 Å². The summed E-state index contributed by atoms with van der Waals surface area (Å²) in [5.74, 6) is -22.9. The zero-order valence-electron chi connectivity index (χ0n) is 71.3. The molecule has 694 valence electrons. The van der Waals surface area contributed by atoms with Crippen LogP contribution in [0.1, 0.15) is 184 Å². The number of amides is 19. The Hall–Kier alpha value is -11.3. The monoisotopic (exact) mass is 1750 g/mol. The molecule has 0 unspecified atom stereocenters. The molecule has 2 heterocycles. The molecule has 0 aliphatic carbocycles. The lowest BCUT2D eigenvalue weighted by atomic mass is 9.98. The van der Waals surface area contributed by atoms with Gasteiger partial charge >= 0.3 is 11.9 Å². The van der Waals surface area contributed by atoms with Crippen LogP contribution in [0.4, 0.5) is 0 Å². The summed E-state index contributed by atoms with van der Waals surface area (Å²) >= 11 is 0. The van der Waals surface area contributed by atoms with E-state index >= 15 is 0 Å². The maximum Gasteiger partial charge on any atom is 0.326 e. The lowest BCUT2D eigenvalue weighted by Gasteiger charge is -2.31. The Balaban J connectivity index is 2.25. The van der Waals surface area contributed by atoms with Crippen molar-refractivity contribution in [2.75, 3.05) is 52.5 Å². The Morgan fingerprint density at radius 2 is 0.756 bits per heavy atom. The first-order valence-electron chi connectivity index (χ1n) is 41.2. The van der Waals surface area contributed by atoms with Crippen LogP contribution in [0.25, 0.3) is 0 Å². The van der Waals surface area contributed by atoms with Gasteiger partial charge < -0.3 is 139 Å². The number of aliphatic carboxylic acids is 2. The predicted octanol–water partition coefficient (Wildman–Crippen LogP) is -9.63. The van der Waals surface area contributed by atoms with Crippen LogP contribution in [0.3, 0.4) is 0 Å². The van der Waals surface area contributed by atoms with E-state index in [1.54, 1.807) is 41.5 Å². The summed E-state index contributed by atoms with van der Waals surface area (Å²) in [7, 11) is 0. The zero-order valence-corrected chi connectivity index (χ0v) is 71.3. The average Bonchev–Trinajstić information content (AvgIpc) is 1.74. The molecule has 30 N–H and O–H groups in total. The molecule has 47 nitrogen and oxygen atoms in total. The van der Waals surface area contributed by atoms with E-state index in [1.165, 1.54) is 25.7 Å². The van der Waals surface area contributed by atoms with Crippen molar-refractivity contribution in [3.05, 3.63) is 0 Å². The fraction of sp³-hybridized carbons (Fsp3) is 0.724. The summed E-state index contributed by atoms with van der Waals surface area (Å²) in [4.78, 5) is 282. The summed E-state index contributed by atoms with van der Waals surface area (Å²) in [6.45, 7) is 10.7. The van der Waals surface area contributed by atoms with Gasteiger partial charge in [-0.1, -0.05) is 55.4 Å². The first kappa shape index (κ1) is 108. The quantitative estimate of drug-likeness (QED) is 0.0251. The number of unbranched alkanes of at least 4 members (excludes halogenated alkanes) is 2.